The van der Waals surface area contributed by atoms with E-state index < -0.39 is 5.82 Å². The first-order chi connectivity index (χ1) is 12.0. The molecule has 7 heteroatoms. The van der Waals surface area contributed by atoms with E-state index >= 15 is 0 Å². The van der Waals surface area contributed by atoms with Crippen LogP contribution in [0.25, 0.3) is 0 Å². The van der Waals surface area contributed by atoms with Crippen LogP contribution in [0.4, 0.5) is 10.1 Å². The first kappa shape index (κ1) is 17.2. The fourth-order valence-corrected chi connectivity index (χ4v) is 2.62. The van der Waals surface area contributed by atoms with Crippen molar-refractivity contribution in [1.29, 1.82) is 0 Å². The number of carbonyl (C=O) groups excluding carboxylic acids is 2. The van der Waals surface area contributed by atoms with E-state index in [-0.39, 0.29) is 30.1 Å². The van der Waals surface area contributed by atoms with Gasteiger partial charge in [-0.05, 0) is 24.3 Å². The average molecular weight is 363 g/mol. The van der Waals surface area contributed by atoms with E-state index in [2.05, 4.69) is 5.32 Å². The number of hydrogen-bond acceptors (Lipinski definition) is 3. The SMILES string of the molecule is O=C(Nc1ccccc1Cl)C1CN(C(=O)COc2ccccc2F)C1. The Kier molecular flexibility index (Phi) is 5.19. The summed E-state index contributed by atoms with van der Waals surface area (Å²) in [6, 6.07) is 12.8. The standard InChI is InChI=1S/C18H16ClFN2O3/c19-13-5-1-3-7-15(13)21-18(24)12-9-22(10-12)17(23)11-25-16-8-4-2-6-14(16)20/h1-8,12H,9-11H2,(H,21,24). The number of para-hydroxylation sites is 2. The third-order valence-corrected chi connectivity index (χ3v) is 4.25. The minimum atomic E-state index is -0.518. The van der Waals surface area contributed by atoms with Gasteiger partial charge >= 0.3 is 0 Å². The summed E-state index contributed by atoms with van der Waals surface area (Å²) in [4.78, 5) is 25.7. The van der Waals surface area contributed by atoms with Crippen molar-refractivity contribution >= 4 is 29.1 Å². The van der Waals surface area contributed by atoms with Gasteiger partial charge in [-0.15, -0.1) is 0 Å². The number of ether oxygens (including phenoxy) is 1. The molecule has 3 rings (SSSR count). The lowest BCUT2D eigenvalue weighted by molar-refractivity contribution is -0.143. The Bertz CT molecular complexity index is 793. The number of rotatable bonds is 5. The fraction of sp³-hybridized carbons (Fsp3) is 0.222. The van der Waals surface area contributed by atoms with Gasteiger partial charge in [-0.1, -0.05) is 35.9 Å². The monoisotopic (exact) mass is 362 g/mol. The van der Waals surface area contributed by atoms with Gasteiger partial charge in [0.1, 0.15) is 0 Å². The van der Waals surface area contributed by atoms with Gasteiger partial charge in [0.25, 0.3) is 5.91 Å². The maximum Gasteiger partial charge on any atom is 0.260 e. The van der Waals surface area contributed by atoms with Crippen LogP contribution in [0, 0.1) is 11.7 Å². The first-order valence-corrected chi connectivity index (χ1v) is 8.13. The fourth-order valence-electron chi connectivity index (χ4n) is 2.44. The lowest BCUT2D eigenvalue weighted by atomic mass is 9.99. The van der Waals surface area contributed by atoms with Crippen molar-refractivity contribution in [2.24, 2.45) is 5.92 Å². The molecule has 0 bridgehead atoms. The maximum atomic E-state index is 13.4. The van der Waals surface area contributed by atoms with Crippen LogP contribution in [0.1, 0.15) is 0 Å². The molecule has 0 unspecified atom stereocenters. The normalized spacial score (nSPS) is 13.9. The molecule has 1 fully saturated rings. The maximum absolute atomic E-state index is 13.4. The minimum absolute atomic E-state index is 0.0318. The van der Waals surface area contributed by atoms with Gasteiger partial charge in [-0.25, -0.2) is 4.39 Å². The van der Waals surface area contributed by atoms with Crippen LogP contribution < -0.4 is 10.1 Å². The Labute approximate surface area is 149 Å². The van der Waals surface area contributed by atoms with E-state index in [1.54, 1.807) is 36.4 Å². The van der Waals surface area contributed by atoms with Crippen molar-refractivity contribution in [3.8, 4) is 5.75 Å². The minimum Gasteiger partial charge on any atom is -0.481 e. The summed E-state index contributed by atoms with van der Waals surface area (Å²) in [6.45, 7) is 0.339. The molecule has 1 saturated heterocycles. The Hall–Kier alpha value is -2.60. The highest BCUT2D eigenvalue weighted by Gasteiger charge is 2.35. The van der Waals surface area contributed by atoms with Gasteiger partial charge in [-0.2, -0.15) is 0 Å². The molecule has 2 amide bonds. The van der Waals surface area contributed by atoms with Gasteiger partial charge < -0.3 is 15.0 Å². The number of likely N-dealkylation sites (tertiary alicyclic amines) is 1. The second kappa shape index (κ2) is 7.53. The van der Waals surface area contributed by atoms with E-state index in [1.165, 1.54) is 17.0 Å². The van der Waals surface area contributed by atoms with Crippen LogP contribution in [0.5, 0.6) is 5.75 Å². The van der Waals surface area contributed by atoms with Crippen LogP contribution in [-0.2, 0) is 9.59 Å². The Morgan fingerprint density at radius 3 is 2.56 bits per heavy atom. The highest BCUT2D eigenvalue weighted by Crippen LogP contribution is 2.24. The van der Waals surface area contributed by atoms with Crippen LogP contribution in [0.3, 0.4) is 0 Å². The molecule has 5 nitrogen and oxygen atoms in total. The van der Waals surface area contributed by atoms with Crippen molar-refractivity contribution < 1.29 is 18.7 Å². The molecule has 0 radical (unpaired) electrons. The second-order valence-corrected chi connectivity index (χ2v) is 6.09. The molecule has 1 heterocycles. The molecule has 0 aliphatic carbocycles. The predicted octanol–water partition coefficient (Wildman–Crippen LogP) is 2.96. The summed E-state index contributed by atoms with van der Waals surface area (Å²) in [5.74, 6) is -1.26. The van der Waals surface area contributed by atoms with Crippen molar-refractivity contribution in [1.82, 2.24) is 4.90 Å². The number of halogens is 2. The molecule has 1 aliphatic rings. The van der Waals surface area contributed by atoms with Crippen LogP contribution in [0.2, 0.25) is 5.02 Å². The number of benzene rings is 2. The number of carbonyl (C=O) groups is 2. The number of amides is 2. The molecule has 0 atom stereocenters. The number of anilines is 1. The van der Waals surface area contributed by atoms with Crippen LogP contribution >= 0.6 is 11.6 Å². The molecule has 2 aromatic rings. The zero-order valence-corrected chi connectivity index (χ0v) is 14.0. The molecular formula is C18H16ClFN2O3. The molecule has 0 saturated carbocycles. The summed E-state index contributed by atoms with van der Waals surface area (Å²) >= 11 is 6.00. The van der Waals surface area contributed by atoms with Crippen molar-refractivity contribution in [3.63, 3.8) is 0 Å². The molecule has 0 spiro atoms. The summed E-state index contributed by atoms with van der Waals surface area (Å²) < 4.78 is 18.6. The van der Waals surface area contributed by atoms with Crippen LogP contribution in [-0.4, -0.2) is 36.4 Å². The highest BCUT2D eigenvalue weighted by atomic mass is 35.5. The van der Waals surface area contributed by atoms with Crippen LogP contribution in [0.15, 0.2) is 48.5 Å². The first-order valence-electron chi connectivity index (χ1n) is 7.75. The summed E-state index contributed by atoms with van der Waals surface area (Å²) in [6.07, 6.45) is 0. The predicted molar refractivity (Wildman–Crippen MR) is 92.0 cm³/mol. The smallest absolute Gasteiger partial charge is 0.260 e. The van der Waals surface area contributed by atoms with Gasteiger partial charge in [0.05, 0.1) is 16.6 Å². The number of hydrogen-bond donors (Lipinski definition) is 1. The zero-order valence-electron chi connectivity index (χ0n) is 13.2. The second-order valence-electron chi connectivity index (χ2n) is 5.68. The van der Waals surface area contributed by atoms with Gasteiger partial charge in [-0.3, -0.25) is 9.59 Å². The molecule has 130 valence electrons. The quantitative estimate of drug-likeness (QED) is 0.889. The van der Waals surface area contributed by atoms with Gasteiger partial charge in [0.2, 0.25) is 5.91 Å². The molecule has 2 aromatic carbocycles. The Morgan fingerprint density at radius 2 is 1.84 bits per heavy atom. The van der Waals surface area contributed by atoms with Gasteiger partial charge in [0.15, 0.2) is 18.2 Å². The molecule has 25 heavy (non-hydrogen) atoms. The summed E-state index contributed by atoms with van der Waals surface area (Å²) in [7, 11) is 0. The largest absolute Gasteiger partial charge is 0.481 e. The zero-order chi connectivity index (χ0) is 17.8. The van der Waals surface area contributed by atoms with E-state index in [0.717, 1.165) is 0 Å². The topological polar surface area (TPSA) is 58.6 Å². The van der Waals surface area contributed by atoms with E-state index in [0.29, 0.717) is 23.8 Å². The molecular weight excluding hydrogens is 347 g/mol. The molecule has 1 N–H and O–H groups in total. The molecule has 0 aromatic heterocycles. The Balaban J connectivity index is 1.45. The van der Waals surface area contributed by atoms with Crippen molar-refractivity contribution in [2.75, 3.05) is 25.0 Å². The van der Waals surface area contributed by atoms with E-state index in [4.69, 9.17) is 16.3 Å². The lowest BCUT2D eigenvalue weighted by Gasteiger charge is -2.38. The summed E-state index contributed by atoms with van der Waals surface area (Å²) in [5.41, 5.74) is 0.543. The van der Waals surface area contributed by atoms with Crippen molar-refractivity contribution in [2.45, 2.75) is 0 Å². The van der Waals surface area contributed by atoms with E-state index in [1.807, 2.05) is 0 Å². The highest BCUT2D eigenvalue weighted by molar-refractivity contribution is 6.33. The summed E-state index contributed by atoms with van der Waals surface area (Å²) in [5, 5.41) is 3.21. The number of nitrogens with zero attached hydrogens (tertiary/aromatic N) is 1. The van der Waals surface area contributed by atoms with E-state index in [9.17, 15) is 14.0 Å². The lowest BCUT2D eigenvalue weighted by Crippen LogP contribution is -2.55. The Morgan fingerprint density at radius 1 is 1.16 bits per heavy atom. The van der Waals surface area contributed by atoms with Crippen molar-refractivity contribution in [3.05, 3.63) is 59.4 Å². The number of nitrogens with one attached hydrogen (secondary N) is 1. The third-order valence-electron chi connectivity index (χ3n) is 3.92. The van der Waals surface area contributed by atoms with Gasteiger partial charge in [0, 0.05) is 13.1 Å². The third kappa shape index (κ3) is 4.09. The molecule has 1 aliphatic heterocycles. The average Bonchev–Trinajstić information content (AvgIpc) is 2.55.